The van der Waals surface area contributed by atoms with E-state index < -0.39 is 0 Å². The van der Waals surface area contributed by atoms with Crippen LogP contribution in [-0.2, 0) is 4.79 Å². The Balaban J connectivity index is 1.35. The van der Waals surface area contributed by atoms with E-state index in [0.29, 0.717) is 22.6 Å². The Morgan fingerprint density at radius 1 is 1.03 bits per heavy atom. The molecule has 3 aromatic carbocycles. The molecule has 0 radical (unpaired) electrons. The van der Waals surface area contributed by atoms with Crippen molar-refractivity contribution in [2.75, 3.05) is 6.61 Å². The van der Waals surface area contributed by atoms with E-state index in [4.69, 9.17) is 4.74 Å². The van der Waals surface area contributed by atoms with Crippen LogP contribution in [0.3, 0.4) is 0 Å². The maximum Gasteiger partial charge on any atom is 0.271 e. The summed E-state index contributed by atoms with van der Waals surface area (Å²) in [4.78, 5) is 27.1. The van der Waals surface area contributed by atoms with Crippen molar-refractivity contribution in [1.82, 2.24) is 10.3 Å². The summed E-state index contributed by atoms with van der Waals surface area (Å²) in [5.41, 5.74) is 3.97. The number of likely N-dealkylation sites (tertiary alicyclic amines) is 1. The Bertz CT molecular complexity index is 1240. The van der Waals surface area contributed by atoms with Gasteiger partial charge in [-0.1, -0.05) is 30.3 Å². The zero-order chi connectivity index (χ0) is 24.9. The fraction of sp³-hybridized carbons (Fsp3) is 0.321. The lowest BCUT2D eigenvalue weighted by Gasteiger charge is -2.38. The first-order chi connectivity index (χ1) is 16.8. The van der Waals surface area contributed by atoms with Gasteiger partial charge in [0.05, 0.1) is 5.71 Å². The van der Waals surface area contributed by atoms with Gasteiger partial charge in [0.15, 0.2) is 6.61 Å². The van der Waals surface area contributed by atoms with Gasteiger partial charge in [0, 0.05) is 28.6 Å². The molecule has 2 amide bonds. The molecule has 2 N–H and O–H groups in total. The number of nitrogens with one attached hydrogen (secondary N) is 1. The molecule has 1 aliphatic heterocycles. The van der Waals surface area contributed by atoms with Crippen LogP contribution in [0.4, 0.5) is 0 Å². The summed E-state index contributed by atoms with van der Waals surface area (Å²) < 4.78 is 5.68. The molecule has 0 bridgehead atoms. The summed E-state index contributed by atoms with van der Waals surface area (Å²) in [6.45, 7) is 5.85. The minimum absolute atomic E-state index is 0.0201. The number of piperidine rings is 1. The van der Waals surface area contributed by atoms with Crippen LogP contribution >= 0.6 is 0 Å². The normalized spacial score (nSPS) is 18.4. The molecule has 7 heteroatoms. The smallest absolute Gasteiger partial charge is 0.271 e. The number of hydrogen-bond acceptors (Lipinski definition) is 5. The number of carbonyl (C=O) groups excluding carboxylic acids is 2. The van der Waals surface area contributed by atoms with Gasteiger partial charge in [-0.3, -0.25) is 9.59 Å². The maximum absolute atomic E-state index is 12.6. The van der Waals surface area contributed by atoms with Crippen LogP contribution in [0.1, 0.15) is 56.0 Å². The molecule has 3 aromatic rings. The molecular formula is C28H31N3O4. The highest BCUT2D eigenvalue weighted by Crippen LogP contribution is 2.29. The number of fused-ring (bicyclic) bond motifs is 1. The summed E-state index contributed by atoms with van der Waals surface area (Å²) in [6, 6.07) is 18.2. The van der Waals surface area contributed by atoms with Crippen LogP contribution in [-0.4, -0.2) is 46.2 Å². The zero-order valence-corrected chi connectivity index (χ0v) is 20.3. The summed E-state index contributed by atoms with van der Waals surface area (Å²) in [5, 5.41) is 16.4. The predicted octanol–water partition coefficient (Wildman–Crippen LogP) is 4.87. The molecule has 1 aliphatic rings. The van der Waals surface area contributed by atoms with Crippen molar-refractivity contribution in [3.05, 3.63) is 71.8 Å². The van der Waals surface area contributed by atoms with Gasteiger partial charge in [0.25, 0.3) is 11.8 Å². The number of aromatic hydroxyl groups is 1. The molecule has 0 aliphatic carbocycles. The lowest BCUT2D eigenvalue weighted by atomic mass is 9.97. The van der Waals surface area contributed by atoms with E-state index in [1.54, 1.807) is 37.3 Å². The van der Waals surface area contributed by atoms with Crippen molar-refractivity contribution in [1.29, 1.82) is 0 Å². The number of nitrogens with zero attached hydrogens (tertiary/aromatic N) is 2. The van der Waals surface area contributed by atoms with Gasteiger partial charge in [-0.15, -0.1) is 0 Å². The number of carbonyl (C=O) groups is 2. The zero-order valence-electron chi connectivity index (χ0n) is 20.3. The number of rotatable bonds is 6. The summed E-state index contributed by atoms with van der Waals surface area (Å²) in [6.07, 6.45) is 3.17. The molecule has 1 fully saturated rings. The van der Waals surface area contributed by atoms with Gasteiger partial charge in [-0.25, -0.2) is 5.43 Å². The first kappa shape index (κ1) is 24.3. The SMILES string of the molecule is CC(=NNC(=O)c1ccc(OCC(=O)N2C(C)CCCC2C)cc1)c1ccc2ccccc2c1O. The molecule has 0 aromatic heterocycles. The number of hydrogen-bond donors (Lipinski definition) is 2. The second kappa shape index (κ2) is 10.6. The van der Waals surface area contributed by atoms with Crippen LogP contribution in [0.5, 0.6) is 11.5 Å². The minimum atomic E-state index is -0.386. The quantitative estimate of drug-likeness (QED) is 0.395. The van der Waals surface area contributed by atoms with Crippen molar-refractivity contribution in [2.24, 2.45) is 5.10 Å². The van der Waals surface area contributed by atoms with E-state index in [1.807, 2.05) is 35.2 Å². The lowest BCUT2D eigenvalue weighted by Crippen LogP contribution is -2.49. The third-order valence-corrected chi connectivity index (χ3v) is 6.58. The number of amides is 2. The Morgan fingerprint density at radius 3 is 2.43 bits per heavy atom. The molecule has 182 valence electrons. The minimum Gasteiger partial charge on any atom is -0.507 e. The molecule has 0 spiro atoms. The van der Waals surface area contributed by atoms with E-state index >= 15 is 0 Å². The van der Waals surface area contributed by atoms with E-state index in [9.17, 15) is 14.7 Å². The van der Waals surface area contributed by atoms with Crippen molar-refractivity contribution in [2.45, 2.75) is 52.1 Å². The molecule has 0 saturated carbocycles. The van der Waals surface area contributed by atoms with E-state index in [2.05, 4.69) is 24.4 Å². The highest BCUT2D eigenvalue weighted by atomic mass is 16.5. The van der Waals surface area contributed by atoms with Crippen LogP contribution < -0.4 is 10.2 Å². The number of phenols is 1. The highest BCUT2D eigenvalue weighted by molar-refractivity contribution is 6.07. The van der Waals surface area contributed by atoms with Crippen molar-refractivity contribution >= 4 is 28.3 Å². The average Bonchev–Trinajstić information content (AvgIpc) is 2.86. The molecule has 2 unspecified atom stereocenters. The first-order valence-electron chi connectivity index (χ1n) is 11.9. The Kier molecular flexibility index (Phi) is 7.34. The number of phenolic OH excluding ortho intramolecular Hbond substituents is 1. The van der Waals surface area contributed by atoms with Crippen LogP contribution in [0, 0.1) is 0 Å². The molecule has 2 atom stereocenters. The van der Waals surface area contributed by atoms with Crippen LogP contribution in [0.2, 0.25) is 0 Å². The fourth-order valence-electron chi connectivity index (χ4n) is 4.64. The van der Waals surface area contributed by atoms with Gasteiger partial charge in [-0.05, 0) is 75.8 Å². The van der Waals surface area contributed by atoms with Crippen molar-refractivity contribution in [3.63, 3.8) is 0 Å². The summed E-state index contributed by atoms with van der Waals surface area (Å²) in [7, 11) is 0. The third kappa shape index (κ3) is 5.45. The summed E-state index contributed by atoms with van der Waals surface area (Å²) >= 11 is 0. The average molecular weight is 474 g/mol. The van der Waals surface area contributed by atoms with E-state index in [-0.39, 0.29) is 36.3 Å². The second-order valence-electron chi connectivity index (χ2n) is 9.06. The van der Waals surface area contributed by atoms with Gasteiger partial charge >= 0.3 is 0 Å². The molecule has 4 rings (SSSR count). The second-order valence-corrected chi connectivity index (χ2v) is 9.06. The maximum atomic E-state index is 12.6. The van der Waals surface area contributed by atoms with Crippen LogP contribution in [0.25, 0.3) is 10.8 Å². The molecule has 1 saturated heterocycles. The Hall–Kier alpha value is -3.87. The molecule has 35 heavy (non-hydrogen) atoms. The molecular weight excluding hydrogens is 442 g/mol. The Morgan fingerprint density at radius 2 is 1.71 bits per heavy atom. The van der Waals surface area contributed by atoms with Crippen LogP contribution in [0.15, 0.2) is 65.8 Å². The monoisotopic (exact) mass is 473 g/mol. The standard InChI is InChI=1S/C28H31N3O4/c1-18-7-6-8-19(2)31(18)26(32)17-35-23-14-11-22(12-15-23)28(34)30-29-20(3)24-16-13-21-9-4-5-10-25(21)27(24)33/h4-5,9-16,18-19,33H,6-8,17H2,1-3H3,(H,30,34). The Labute approximate surface area is 205 Å². The summed E-state index contributed by atoms with van der Waals surface area (Å²) in [5.74, 6) is 0.243. The largest absolute Gasteiger partial charge is 0.507 e. The van der Waals surface area contributed by atoms with Crippen molar-refractivity contribution < 1.29 is 19.4 Å². The first-order valence-corrected chi connectivity index (χ1v) is 11.9. The predicted molar refractivity (Wildman–Crippen MR) is 137 cm³/mol. The number of ether oxygens (including phenoxy) is 1. The number of benzene rings is 3. The third-order valence-electron chi connectivity index (χ3n) is 6.58. The van der Waals surface area contributed by atoms with E-state index in [0.717, 1.165) is 30.0 Å². The van der Waals surface area contributed by atoms with Crippen molar-refractivity contribution in [3.8, 4) is 11.5 Å². The van der Waals surface area contributed by atoms with Gasteiger partial charge in [0.1, 0.15) is 11.5 Å². The highest BCUT2D eigenvalue weighted by Gasteiger charge is 2.29. The van der Waals surface area contributed by atoms with Gasteiger partial charge in [-0.2, -0.15) is 5.10 Å². The van der Waals surface area contributed by atoms with Gasteiger partial charge in [0.2, 0.25) is 0 Å². The lowest BCUT2D eigenvalue weighted by molar-refractivity contribution is -0.139. The van der Waals surface area contributed by atoms with Gasteiger partial charge < -0.3 is 14.7 Å². The fourth-order valence-corrected chi connectivity index (χ4v) is 4.64. The number of hydrazone groups is 1. The van der Waals surface area contributed by atoms with E-state index in [1.165, 1.54) is 0 Å². The molecule has 1 heterocycles. The topological polar surface area (TPSA) is 91.2 Å². The molecule has 7 nitrogen and oxygen atoms in total.